The number of hydrogen-bond acceptors (Lipinski definition) is 4. The zero-order valence-electron chi connectivity index (χ0n) is 16.3. The minimum absolute atomic E-state index is 0.138. The lowest BCUT2D eigenvalue weighted by atomic mass is 9.84. The van der Waals surface area contributed by atoms with E-state index in [4.69, 9.17) is 16.3 Å². The van der Waals surface area contributed by atoms with E-state index in [1.54, 1.807) is 0 Å². The first-order valence-electron chi connectivity index (χ1n) is 10.1. The zero-order valence-corrected chi connectivity index (χ0v) is 17.1. The molecule has 0 aromatic heterocycles. The molecule has 30 heavy (non-hydrogen) atoms. The van der Waals surface area contributed by atoms with Gasteiger partial charge in [-0.1, -0.05) is 41.9 Å². The number of ether oxygens (including phenoxy) is 1. The third-order valence-corrected chi connectivity index (χ3v) is 6.82. The summed E-state index contributed by atoms with van der Waals surface area (Å²) < 4.78 is 5.27. The maximum atomic E-state index is 12.8. The molecule has 0 radical (unpaired) electrons. The Morgan fingerprint density at radius 2 is 1.83 bits per heavy atom. The molecular formula is C23H21ClN2O4. The Bertz CT molecular complexity index is 1050. The van der Waals surface area contributed by atoms with Gasteiger partial charge in [0.15, 0.2) is 0 Å². The Morgan fingerprint density at radius 1 is 1.07 bits per heavy atom. The van der Waals surface area contributed by atoms with Crippen LogP contribution >= 0.6 is 11.6 Å². The van der Waals surface area contributed by atoms with Crippen molar-refractivity contribution in [3.05, 3.63) is 53.1 Å². The molecule has 2 aromatic rings. The summed E-state index contributed by atoms with van der Waals surface area (Å²) in [6.07, 6.45) is 1.59. The normalized spacial score (nSPS) is 22.9. The second kappa shape index (κ2) is 7.22. The highest BCUT2D eigenvalue weighted by atomic mass is 35.5. The van der Waals surface area contributed by atoms with Crippen molar-refractivity contribution in [3.63, 3.8) is 0 Å². The molecule has 7 heteroatoms. The Morgan fingerprint density at radius 3 is 2.47 bits per heavy atom. The summed E-state index contributed by atoms with van der Waals surface area (Å²) in [5, 5.41) is 2.91. The topological polar surface area (TPSA) is 75.7 Å². The van der Waals surface area contributed by atoms with Gasteiger partial charge in [0, 0.05) is 24.2 Å². The van der Waals surface area contributed by atoms with Gasteiger partial charge in [0.1, 0.15) is 0 Å². The monoisotopic (exact) mass is 424 g/mol. The van der Waals surface area contributed by atoms with Crippen LogP contribution in [-0.2, 0) is 19.1 Å². The fourth-order valence-corrected chi connectivity index (χ4v) is 4.90. The largest absolute Gasteiger partial charge is 0.379 e. The fourth-order valence-electron chi connectivity index (χ4n) is 4.54. The highest BCUT2D eigenvalue weighted by Crippen LogP contribution is 2.42. The lowest BCUT2D eigenvalue weighted by Gasteiger charge is -2.35. The van der Waals surface area contributed by atoms with Crippen LogP contribution in [0, 0.1) is 5.41 Å². The molecule has 1 N–H and O–H groups in total. The molecule has 1 unspecified atom stereocenters. The van der Waals surface area contributed by atoms with Crippen molar-refractivity contribution < 1.29 is 19.1 Å². The SMILES string of the molecule is O=C1CCC(c2cccc(-c3ccc(N4CCC5(COC5)C4=O)cc3)c2Cl)C(=O)N1. The summed E-state index contributed by atoms with van der Waals surface area (Å²) in [5.74, 6) is -0.843. The lowest BCUT2D eigenvalue weighted by Crippen LogP contribution is -2.48. The van der Waals surface area contributed by atoms with Gasteiger partial charge in [0.2, 0.25) is 17.7 Å². The molecule has 3 heterocycles. The van der Waals surface area contributed by atoms with Gasteiger partial charge < -0.3 is 9.64 Å². The predicted octanol–water partition coefficient (Wildman–Crippen LogP) is 3.28. The number of carbonyl (C=O) groups is 3. The summed E-state index contributed by atoms with van der Waals surface area (Å²) in [4.78, 5) is 38.3. The van der Waals surface area contributed by atoms with Crippen molar-refractivity contribution in [2.75, 3.05) is 24.7 Å². The molecule has 5 rings (SSSR count). The lowest BCUT2D eigenvalue weighted by molar-refractivity contribution is -0.153. The number of piperidine rings is 1. The van der Waals surface area contributed by atoms with Crippen LogP contribution in [0.1, 0.15) is 30.7 Å². The predicted molar refractivity (Wildman–Crippen MR) is 112 cm³/mol. The molecule has 2 aromatic carbocycles. The van der Waals surface area contributed by atoms with Crippen LogP contribution < -0.4 is 10.2 Å². The molecule has 3 aliphatic heterocycles. The van der Waals surface area contributed by atoms with Crippen molar-refractivity contribution in [2.45, 2.75) is 25.2 Å². The Balaban J connectivity index is 1.41. The van der Waals surface area contributed by atoms with Gasteiger partial charge in [-0.25, -0.2) is 0 Å². The van der Waals surface area contributed by atoms with Crippen molar-refractivity contribution in [2.24, 2.45) is 5.41 Å². The minimum Gasteiger partial charge on any atom is -0.379 e. The van der Waals surface area contributed by atoms with Crippen molar-refractivity contribution >= 4 is 35.0 Å². The van der Waals surface area contributed by atoms with Crippen LogP contribution in [0.25, 0.3) is 11.1 Å². The second-order valence-electron chi connectivity index (χ2n) is 8.24. The van der Waals surface area contributed by atoms with Crippen LogP contribution in [0.2, 0.25) is 5.02 Å². The minimum atomic E-state index is -0.433. The first-order valence-corrected chi connectivity index (χ1v) is 10.5. The van der Waals surface area contributed by atoms with E-state index in [1.165, 1.54) is 0 Å². The summed E-state index contributed by atoms with van der Waals surface area (Å²) in [5.41, 5.74) is 3.00. The molecule has 1 atom stereocenters. The second-order valence-corrected chi connectivity index (χ2v) is 8.62. The summed E-state index contributed by atoms with van der Waals surface area (Å²) in [6.45, 7) is 1.74. The van der Waals surface area contributed by atoms with Gasteiger partial charge in [-0.3, -0.25) is 19.7 Å². The van der Waals surface area contributed by atoms with E-state index in [2.05, 4.69) is 5.32 Å². The molecule has 0 bridgehead atoms. The molecule has 3 saturated heterocycles. The van der Waals surface area contributed by atoms with E-state index in [1.807, 2.05) is 47.4 Å². The zero-order chi connectivity index (χ0) is 20.9. The molecule has 3 fully saturated rings. The van der Waals surface area contributed by atoms with Crippen molar-refractivity contribution in [1.29, 1.82) is 0 Å². The smallest absolute Gasteiger partial charge is 0.237 e. The molecule has 154 valence electrons. The van der Waals surface area contributed by atoms with Crippen LogP contribution in [0.15, 0.2) is 42.5 Å². The highest BCUT2D eigenvalue weighted by Gasteiger charge is 2.52. The Labute approximate surface area is 179 Å². The molecule has 0 aliphatic carbocycles. The summed E-state index contributed by atoms with van der Waals surface area (Å²) in [7, 11) is 0. The number of halogens is 1. The summed E-state index contributed by atoms with van der Waals surface area (Å²) >= 11 is 6.69. The van der Waals surface area contributed by atoms with Crippen molar-refractivity contribution in [3.8, 4) is 11.1 Å². The van der Waals surface area contributed by atoms with Gasteiger partial charge in [-0.05, 0) is 36.1 Å². The van der Waals surface area contributed by atoms with E-state index >= 15 is 0 Å². The standard InChI is InChI=1S/C23H21ClN2O4/c24-20-16(2-1-3-17(20)18-8-9-19(27)25-21(18)28)14-4-6-15(7-5-14)26-11-10-23(22(26)29)12-30-13-23/h1-7,18H,8-13H2,(H,25,27,28). The first-order chi connectivity index (χ1) is 14.5. The van der Waals surface area contributed by atoms with Gasteiger partial charge in [-0.15, -0.1) is 0 Å². The number of carbonyl (C=O) groups excluding carboxylic acids is 3. The van der Waals surface area contributed by atoms with E-state index < -0.39 is 5.92 Å². The fraction of sp³-hybridized carbons (Fsp3) is 0.348. The van der Waals surface area contributed by atoms with E-state index in [-0.39, 0.29) is 23.1 Å². The number of benzene rings is 2. The van der Waals surface area contributed by atoms with Crippen LogP contribution in [-0.4, -0.2) is 37.5 Å². The Kier molecular flexibility index (Phi) is 4.64. The molecule has 1 spiro atoms. The van der Waals surface area contributed by atoms with Gasteiger partial charge in [0.05, 0.1) is 29.6 Å². The van der Waals surface area contributed by atoms with Gasteiger partial charge in [-0.2, -0.15) is 0 Å². The molecule has 3 amide bonds. The Hall–Kier alpha value is -2.70. The van der Waals surface area contributed by atoms with E-state index in [0.29, 0.717) is 37.6 Å². The van der Waals surface area contributed by atoms with Crippen molar-refractivity contribution in [1.82, 2.24) is 5.32 Å². The average Bonchev–Trinajstić information content (AvgIpc) is 3.06. The molecular weight excluding hydrogens is 404 g/mol. The maximum Gasteiger partial charge on any atom is 0.237 e. The van der Waals surface area contributed by atoms with E-state index in [0.717, 1.165) is 28.8 Å². The van der Waals surface area contributed by atoms with Crippen LogP contribution in [0.4, 0.5) is 5.69 Å². The average molecular weight is 425 g/mol. The van der Waals surface area contributed by atoms with E-state index in [9.17, 15) is 14.4 Å². The third-order valence-electron chi connectivity index (χ3n) is 6.40. The van der Waals surface area contributed by atoms with Crippen LogP contribution in [0.3, 0.4) is 0 Å². The van der Waals surface area contributed by atoms with Gasteiger partial charge in [0.25, 0.3) is 0 Å². The quantitative estimate of drug-likeness (QED) is 0.767. The summed E-state index contributed by atoms with van der Waals surface area (Å²) in [6, 6.07) is 13.4. The maximum absolute atomic E-state index is 12.8. The first kappa shape index (κ1) is 19.3. The number of nitrogens with one attached hydrogen (secondary N) is 1. The highest BCUT2D eigenvalue weighted by molar-refractivity contribution is 6.34. The number of rotatable bonds is 3. The molecule has 6 nitrogen and oxygen atoms in total. The number of hydrogen-bond donors (Lipinski definition) is 1. The number of amides is 3. The van der Waals surface area contributed by atoms with Gasteiger partial charge >= 0.3 is 0 Å². The molecule has 3 aliphatic rings. The third kappa shape index (κ3) is 3.02. The number of imide groups is 1. The number of anilines is 1. The van der Waals surface area contributed by atoms with Crippen LogP contribution in [0.5, 0.6) is 0 Å². The molecule has 0 saturated carbocycles. The number of nitrogens with zero attached hydrogens (tertiary/aromatic N) is 1.